The molecule has 1 heterocycles. The smallest absolute Gasteiger partial charge is 0.246 e. The predicted octanol–water partition coefficient (Wildman–Crippen LogP) is 0.691. The zero-order valence-electron chi connectivity index (χ0n) is 13.3. The monoisotopic (exact) mass is 328 g/mol. The second-order valence-corrected chi connectivity index (χ2v) is 7.57. The maximum atomic E-state index is 12.9. The van der Waals surface area contributed by atoms with Crippen LogP contribution < -0.4 is 4.74 Å². The van der Waals surface area contributed by atoms with Gasteiger partial charge in [-0.1, -0.05) is 6.07 Å². The van der Waals surface area contributed by atoms with Gasteiger partial charge in [0.25, 0.3) is 0 Å². The van der Waals surface area contributed by atoms with E-state index in [1.165, 1.54) is 11.4 Å². The van der Waals surface area contributed by atoms with E-state index in [1.54, 1.807) is 18.2 Å². The number of hydrogen-bond donors (Lipinski definition) is 1. The lowest BCUT2D eigenvalue weighted by Crippen LogP contribution is -2.53. The van der Waals surface area contributed by atoms with E-state index < -0.39 is 10.0 Å². The lowest BCUT2D eigenvalue weighted by Gasteiger charge is -2.38. The Morgan fingerprint density at radius 2 is 2.09 bits per heavy atom. The van der Waals surface area contributed by atoms with Crippen LogP contribution in [-0.4, -0.2) is 69.2 Å². The van der Waals surface area contributed by atoms with Crippen molar-refractivity contribution in [3.63, 3.8) is 0 Å². The molecule has 1 saturated heterocycles. The zero-order chi connectivity index (χ0) is 16.3. The van der Waals surface area contributed by atoms with Gasteiger partial charge in [-0.15, -0.1) is 0 Å². The molecule has 124 valence electrons. The summed E-state index contributed by atoms with van der Waals surface area (Å²) in [6, 6.07) is 5.14. The molecule has 0 aromatic heterocycles. The van der Waals surface area contributed by atoms with E-state index in [0.29, 0.717) is 31.8 Å². The van der Waals surface area contributed by atoms with Crippen LogP contribution in [0.25, 0.3) is 0 Å². The van der Waals surface area contributed by atoms with Gasteiger partial charge in [0.2, 0.25) is 10.0 Å². The van der Waals surface area contributed by atoms with Crippen molar-refractivity contribution >= 4 is 10.0 Å². The van der Waals surface area contributed by atoms with Crippen molar-refractivity contribution in [1.82, 2.24) is 9.21 Å². The average Bonchev–Trinajstić information content (AvgIpc) is 2.49. The normalized spacial score (nSPS) is 21.0. The van der Waals surface area contributed by atoms with Crippen LogP contribution in [0.5, 0.6) is 5.75 Å². The maximum Gasteiger partial charge on any atom is 0.246 e. The van der Waals surface area contributed by atoms with Crippen molar-refractivity contribution in [2.75, 3.05) is 40.4 Å². The molecule has 0 spiro atoms. The molecule has 1 N–H and O–H groups in total. The lowest BCUT2D eigenvalue weighted by atomic mass is 10.1. The molecule has 1 atom stereocenters. The summed E-state index contributed by atoms with van der Waals surface area (Å²) in [6.45, 7) is 3.43. The molecule has 0 aliphatic carbocycles. The Kier molecular flexibility index (Phi) is 5.44. The maximum absolute atomic E-state index is 12.9. The first-order chi connectivity index (χ1) is 10.4. The van der Waals surface area contributed by atoms with Crippen LogP contribution in [0.4, 0.5) is 0 Å². The average molecular weight is 328 g/mol. The van der Waals surface area contributed by atoms with Gasteiger partial charge in [0.1, 0.15) is 10.6 Å². The van der Waals surface area contributed by atoms with Crippen molar-refractivity contribution in [1.29, 1.82) is 0 Å². The molecule has 0 saturated carbocycles. The minimum atomic E-state index is -3.60. The first-order valence-corrected chi connectivity index (χ1v) is 8.80. The molecule has 1 aliphatic rings. The first kappa shape index (κ1) is 17.2. The van der Waals surface area contributed by atoms with E-state index in [2.05, 4.69) is 4.90 Å². The fourth-order valence-corrected chi connectivity index (χ4v) is 4.33. The molecule has 6 nitrogen and oxygen atoms in total. The summed E-state index contributed by atoms with van der Waals surface area (Å²) < 4.78 is 32.5. The number of benzene rings is 1. The minimum absolute atomic E-state index is 0.0324. The topological polar surface area (TPSA) is 70.1 Å². The Morgan fingerprint density at radius 1 is 1.36 bits per heavy atom. The summed E-state index contributed by atoms with van der Waals surface area (Å²) in [5, 5.41) is 9.14. The molecule has 0 unspecified atom stereocenters. The van der Waals surface area contributed by atoms with E-state index in [1.807, 2.05) is 14.0 Å². The van der Waals surface area contributed by atoms with E-state index >= 15 is 0 Å². The third-order valence-corrected chi connectivity index (χ3v) is 6.04. The van der Waals surface area contributed by atoms with Gasteiger partial charge in [0, 0.05) is 32.3 Å². The quantitative estimate of drug-likeness (QED) is 0.861. The Labute approximate surface area is 132 Å². The van der Waals surface area contributed by atoms with Gasteiger partial charge < -0.3 is 14.7 Å². The van der Waals surface area contributed by atoms with Crippen LogP contribution in [-0.2, 0) is 10.0 Å². The van der Waals surface area contributed by atoms with Gasteiger partial charge in [-0.05, 0) is 38.1 Å². The van der Waals surface area contributed by atoms with Gasteiger partial charge in [0.15, 0.2) is 0 Å². The number of likely N-dealkylation sites (N-methyl/N-ethyl adjacent to an activating group) is 1. The molecule has 2 rings (SSSR count). The highest BCUT2D eigenvalue weighted by Gasteiger charge is 2.34. The fraction of sp³-hybridized carbons (Fsp3) is 0.600. The lowest BCUT2D eigenvalue weighted by molar-refractivity contribution is 0.120. The molecule has 1 aliphatic heterocycles. The van der Waals surface area contributed by atoms with Crippen molar-refractivity contribution < 1.29 is 18.3 Å². The standard InChI is InChI=1S/C15H24N2O4S/c1-12-4-5-15(14(10-12)21-3)22(19,20)17-8-7-16(2)13(11-17)6-9-18/h4-5,10,13,18H,6-9,11H2,1-3H3/t13-/m0/s1. The number of aryl methyl sites for hydroxylation is 1. The van der Waals surface area contributed by atoms with Gasteiger partial charge in [-0.3, -0.25) is 0 Å². The van der Waals surface area contributed by atoms with E-state index in [0.717, 1.165) is 5.56 Å². The summed E-state index contributed by atoms with van der Waals surface area (Å²) >= 11 is 0. The highest BCUT2D eigenvalue weighted by molar-refractivity contribution is 7.89. The summed E-state index contributed by atoms with van der Waals surface area (Å²) in [5.41, 5.74) is 0.951. The molecule has 22 heavy (non-hydrogen) atoms. The Morgan fingerprint density at radius 3 is 2.73 bits per heavy atom. The number of nitrogens with zero attached hydrogens (tertiary/aromatic N) is 2. The van der Waals surface area contributed by atoms with Crippen LogP contribution in [0.3, 0.4) is 0 Å². The summed E-state index contributed by atoms with van der Waals surface area (Å²) in [4.78, 5) is 2.29. The highest BCUT2D eigenvalue weighted by Crippen LogP contribution is 2.29. The molecule has 1 aromatic carbocycles. The number of methoxy groups -OCH3 is 1. The van der Waals surface area contributed by atoms with Crippen molar-refractivity contribution in [2.24, 2.45) is 0 Å². The number of piperazine rings is 1. The highest BCUT2D eigenvalue weighted by atomic mass is 32.2. The van der Waals surface area contributed by atoms with Crippen LogP contribution in [0.15, 0.2) is 23.1 Å². The van der Waals surface area contributed by atoms with E-state index in [9.17, 15) is 8.42 Å². The summed E-state index contributed by atoms with van der Waals surface area (Å²) in [6.07, 6.45) is 0.563. The van der Waals surface area contributed by atoms with Crippen molar-refractivity contribution in [3.05, 3.63) is 23.8 Å². The van der Waals surface area contributed by atoms with Crippen molar-refractivity contribution in [3.8, 4) is 5.75 Å². The SMILES string of the molecule is COc1cc(C)ccc1S(=O)(=O)N1CCN(C)[C@@H](CCO)C1. The molecule has 0 bridgehead atoms. The van der Waals surface area contributed by atoms with E-state index in [-0.39, 0.29) is 17.5 Å². The molecule has 1 aromatic rings. The molecule has 0 radical (unpaired) electrons. The van der Waals surface area contributed by atoms with Gasteiger partial charge >= 0.3 is 0 Å². The molecular weight excluding hydrogens is 304 g/mol. The zero-order valence-corrected chi connectivity index (χ0v) is 14.1. The van der Waals surface area contributed by atoms with Crippen LogP contribution in [0.2, 0.25) is 0 Å². The van der Waals surface area contributed by atoms with Crippen LogP contribution in [0, 0.1) is 6.92 Å². The van der Waals surface area contributed by atoms with Gasteiger partial charge in [0.05, 0.1) is 7.11 Å². The number of sulfonamides is 1. The minimum Gasteiger partial charge on any atom is -0.495 e. The fourth-order valence-electron chi connectivity index (χ4n) is 2.72. The number of aliphatic hydroxyl groups excluding tert-OH is 1. The van der Waals surface area contributed by atoms with Gasteiger partial charge in [-0.2, -0.15) is 4.31 Å². The van der Waals surface area contributed by atoms with Crippen LogP contribution in [0.1, 0.15) is 12.0 Å². The third kappa shape index (κ3) is 3.43. The number of ether oxygens (including phenoxy) is 1. The summed E-state index contributed by atoms with van der Waals surface area (Å²) in [7, 11) is -0.163. The van der Waals surface area contributed by atoms with Crippen molar-refractivity contribution in [2.45, 2.75) is 24.3 Å². The molecule has 1 fully saturated rings. The Hall–Kier alpha value is -1.15. The predicted molar refractivity (Wildman–Crippen MR) is 84.6 cm³/mol. The summed E-state index contributed by atoms with van der Waals surface area (Å²) in [5.74, 6) is 0.373. The first-order valence-electron chi connectivity index (χ1n) is 7.36. The third-order valence-electron chi connectivity index (χ3n) is 4.14. The Balaban J connectivity index is 2.30. The van der Waals surface area contributed by atoms with E-state index in [4.69, 9.17) is 9.84 Å². The van der Waals surface area contributed by atoms with Gasteiger partial charge in [-0.25, -0.2) is 8.42 Å². The largest absolute Gasteiger partial charge is 0.495 e. The molecular formula is C15H24N2O4S. The Bertz CT molecular complexity index is 618. The number of rotatable bonds is 5. The number of aliphatic hydroxyl groups is 1. The molecule has 7 heteroatoms. The van der Waals surface area contributed by atoms with Crippen LogP contribution >= 0.6 is 0 Å². The second-order valence-electron chi connectivity index (χ2n) is 5.66. The number of hydrogen-bond acceptors (Lipinski definition) is 5. The molecule has 0 amide bonds. The second kappa shape index (κ2) is 6.95.